The number of carbonyl (C=O) groups excluding carboxylic acids is 2. The summed E-state index contributed by atoms with van der Waals surface area (Å²) in [5.74, 6) is -0.666. The summed E-state index contributed by atoms with van der Waals surface area (Å²) in [7, 11) is 0. The first kappa shape index (κ1) is 18.0. The van der Waals surface area contributed by atoms with E-state index in [1.165, 1.54) is 6.21 Å². The minimum Gasteiger partial charge on any atom is -0.325 e. The van der Waals surface area contributed by atoms with Crippen LogP contribution in [0.25, 0.3) is 0 Å². The van der Waals surface area contributed by atoms with Crippen LogP contribution in [0.4, 0.5) is 5.69 Å². The van der Waals surface area contributed by atoms with E-state index >= 15 is 0 Å². The average molecular weight is 364 g/mol. The van der Waals surface area contributed by atoms with Crippen molar-refractivity contribution in [1.29, 1.82) is 0 Å². The van der Waals surface area contributed by atoms with Gasteiger partial charge in [-0.1, -0.05) is 53.5 Å². The highest BCUT2D eigenvalue weighted by atomic mass is 35.5. The lowest BCUT2D eigenvalue weighted by Gasteiger charge is -2.06. The van der Waals surface area contributed by atoms with E-state index in [0.717, 1.165) is 0 Å². The van der Waals surface area contributed by atoms with E-state index in [1.54, 1.807) is 42.5 Å². The lowest BCUT2D eigenvalue weighted by atomic mass is 10.2. The molecule has 7 heteroatoms. The summed E-state index contributed by atoms with van der Waals surface area (Å²) in [6, 6.07) is 14.0. The smallest absolute Gasteiger partial charge is 0.240 e. The lowest BCUT2D eigenvalue weighted by molar-refractivity contribution is -0.124. The molecule has 0 radical (unpaired) electrons. The summed E-state index contributed by atoms with van der Waals surface area (Å²) in [5, 5.41) is 7.45. The van der Waals surface area contributed by atoms with E-state index in [-0.39, 0.29) is 24.7 Å². The van der Waals surface area contributed by atoms with E-state index in [0.29, 0.717) is 21.3 Å². The maximum Gasteiger partial charge on any atom is 0.240 e. The molecule has 2 aromatic carbocycles. The number of para-hydroxylation sites is 1. The van der Waals surface area contributed by atoms with E-state index in [4.69, 9.17) is 23.2 Å². The maximum absolute atomic E-state index is 11.8. The third-order valence-electron chi connectivity index (χ3n) is 3.03. The highest BCUT2D eigenvalue weighted by Crippen LogP contribution is 2.20. The zero-order valence-electron chi connectivity index (χ0n) is 12.6. The van der Waals surface area contributed by atoms with Crippen LogP contribution in [0.5, 0.6) is 0 Å². The van der Waals surface area contributed by atoms with Crippen LogP contribution in [0.3, 0.4) is 0 Å². The van der Waals surface area contributed by atoms with Crippen molar-refractivity contribution in [2.45, 2.75) is 12.8 Å². The molecule has 2 rings (SSSR count). The molecule has 124 valence electrons. The van der Waals surface area contributed by atoms with Crippen LogP contribution in [-0.2, 0) is 9.59 Å². The fraction of sp³-hybridized carbons (Fsp3) is 0.118. The van der Waals surface area contributed by atoms with Crippen molar-refractivity contribution in [3.63, 3.8) is 0 Å². The summed E-state index contributed by atoms with van der Waals surface area (Å²) < 4.78 is 0. The van der Waals surface area contributed by atoms with Crippen LogP contribution in [0.15, 0.2) is 53.6 Å². The number of amides is 2. The summed E-state index contributed by atoms with van der Waals surface area (Å²) in [6.07, 6.45) is 1.48. The highest BCUT2D eigenvalue weighted by Gasteiger charge is 2.08. The largest absolute Gasteiger partial charge is 0.325 e. The van der Waals surface area contributed by atoms with Gasteiger partial charge in [-0.25, -0.2) is 5.43 Å². The molecule has 0 aliphatic rings. The van der Waals surface area contributed by atoms with E-state index in [2.05, 4.69) is 15.8 Å². The van der Waals surface area contributed by atoms with Crippen LogP contribution in [0.2, 0.25) is 10.0 Å². The molecule has 5 nitrogen and oxygen atoms in total. The molecule has 2 amide bonds. The second-order valence-corrected chi connectivity index (χ2v) is 5.66. The number of anilines is 1. The zero-order valence-corrected chi connectivity index (χ0v) is 14.1. The Kier molecular flexibility index (Phi) is 6.78. The molecular weight excluding hydrogens is 349 g/mol. The average Bonchev–Trinajstić information content (AvgIpc) is 2.57. The van der Waals surface area contributed by atoms with Gasteiger partial charge in [-0.2, -0.15) is 5.10 Å². The van der Waals surface area contributed by atoms with Crippen LogP contribution < -0.4 is 10.7 Å². The molecule has 0 aliphatic heterocycles. The quantitative estimate of drug-likeness (QED) is 0.604. The standard InChI is InChI=1S/C17H15Cl2N3O2/c18-13-6-2-1-5-12(13)11-20-22-17(24)10-9-16(23)21-15-8-4-3-7-14(15)19/h1-8,11H,9-10H2,(H,21,23)(H,22,24)/b20-11+. The molecule has 2 N–H and O–H groups in total. The second-order valence-electron chi connectivity index (χ2n) is 4.84. The Morgan fingerprint density at radius 3 is 2.25 bits per heavy atom. The zero-order chi connectivity index (χ0) is 17.4. The third-order valence-corrected chi connectivity index (χ3v) is 3.70. The second kappa shape index (κ2) is 9.05. The summed E-state index contributed by atoms with van der Waals surface area (Å²) in [4.78, 5) is 23.5. The SMILES string of the molecule is O=C(CCC(=O)Nc1ccccc1Cl)N/N=C/c1ccccc1Cl. The Labute approximate surface area is 149 Å². The first-order valence-corrected chi connectivity index (χ1v) is 7.92. The van der Waals surface area contributed by atoms with Crippen molar-refractivity contribution in [3.8, 4) is 0 Å². The number of halogens is 2. The molecule has 0 bridgehead atoms. The molecule has 0 aromatic heterocycles. The molecule has 0 saturated heterocycles. The Morgan fingerprint density at radius 2 is 1.54 bits per heavy atom. The Balaban J connectivity index is 1.76. The van der Waals surface area contributed by atoms with Gasteiger partial charge in [0.15, 0.2) is 0 Å². The van der Waals surface area contributed by atoms with Gasteiger partial charge in [0, 0.05) is 23.4 Å². The number of carbonyl (C=O) groups is 2. The van der Waals surface area contributed by atoms with Crippen LogP contribution in [0, 0.1) is 0 Å². The van der Waals surface area contributed by atoms with Gasteiger partial charge in [-0.15, -0.1) is 0 Å². The summed E-state index contributed by atoms with van der Waals surface area (Å²) >= 11 is 11.9. The van der Waals surface area contributed by atoms with Gasteiger partial charge in [0.25, 0.3) is 0 Å². The van der Waals surface area contributed by atoms with Gasteiger partial charge in [-0.3, -0.25) is 9.59 Å². The minimum atomic E-state index is -0.368. The van der Waals surface area contributed by atoms with Crippen molar-refractivity contribution in [2.75, 3.05) is 5.32 Å². The molecule has 0 heterocycles. The predicted molar refractivity (Wildman–Crippen MR) is 96.5 cm³/mol. The monoisotopic (exact) mass is 363 g/mol. The molecule has 0 atom stereocenters. The summed E-state index contributed by atoms with van der Waals surface area (Å²) in [6.45, 7) is 0. The predicted octanol–water partition coefficient (Wildman–Crippen LogP) is 3.86. The Hall–Kier alpha value is -2.37. The number of hydrogen-bond donors (Lipinski definition) is 2. The van der Waals surface area contributed by atoms with Crippen LogP contribution >= 0.6 is 23.2 Å². The molecular formula is C17H15Cl2N3O2. The third kappa shape index (κ3) is 5.68. The number of rotatable bonds is 6. The molecule has 0 saturated carbocycles. The van der Waals surface area contributed by atoms with Crippen molar-refractivity contribution in [3.05, 3.63) is 64.1 Å². The van der Waals surface area contributed by atoms with E-state index in [1.807, 2.05) is 6.07 Å². The molecule has 0 spiro atoms. The van der Waals surface area contributed by atoms with Gasteiger partial charge in [-0.05, 0) is 18.2 Å². The van der Waals surface area contributed by atoms with Crippen molar-refractivity contribution >= 4 is 46.9 Å². The fourth-order valence-corrected chi connectivity index (χ4v) is 2.18. The van der Waals surface area contributed by atoms with E-state index < -0.39 is 0 Å². The fourth-order valence-electron chi connectivity index (χ4n) is 1.81. The van der Waals surface area contributed by atoms with Crippen LogP contribution in [0.1, 0.15) is 18.4 Å². The first-order valence-electron chi connectivity index (χ1n) is 7.17. The highest BCUT2D eigenvalue weighted by molar-refractivity contribution is 6.33. The van der Waals surface area contributed by atoms with Gasteiger partial charge in [0.05, 0.1) is 16.9 Å². The van der Waals surface area contributed by atoms with Crippen molar-refractivity contribution in [1.82, 2.24) is 5.43 Å². The van der Waals surface area contributed by atoms with Crippen LogP contribution in [-0.4, -0.2) is 18.0 Å². The molecule has 2 aromatic rings. The van der Waals surface area contributed by atoms with Gasteiger partial charge in [0.2, 0.25) is 11.8 Å². The number of hydrogen-bond acceptors (Lipinski definition) is 3. The normalized spacial score (nSPS) is 10.6. The van der Waals surface area contributed by atoms with Crippen molar-refractivity contribution < 1.29 is 9.59 Å². The Morgan fingerprint density at radius 1 is 0.917 bits per heavy atom. The maximum atomic E-state index is 11.8. The Bertz CT molecular complexity index is 763. The summed E-state index contributed by atoms with van der Waals surface area (Å²) in [5.41, 5.74) is 3.56. The molecule has 0 fully saturated rings. The van der Waals surface area contributed by atoms with E-state index in [9.17, 15) is 9.59 Å². The molecule has 24 heavy (non-hydrogen) atoms. The van der Waals surface area contributed by atoms with Gasteiger partial charge < -0.3 is 5.32 Å². The minimum absolute atomic E-state index is 0.0101. The molecule has 0 unspecified atom stereocenters. The lowest BCUT2D eigenvalue weighted by Crippen LogP contribution is -2.20. The number of nitrogens with zero attached hydrogens (tertiary/aromatic N) is 1. The number of hydrazone groups is 1. The first-order chi connectivity index (χ1) is 11.6. The van der Waals surface area contributed by atoms with Gasteiger partial charge in [0.1, 0.15) is 0 Å². The van der Waals surface area contributed by atoms with Gasteiger partial charge >= 0.3 is 0 Å². The number of nitrogens with one attached hydrogen (secondary N) is 2. The topological polar surface area (TPSA) is 70.6 Å². The van der Waals surface area contributed by atoms with Crippen molar-refractivity contribution in [2.24, 2.45) is 5.10 Å². The molecule has 0 aliphatic carbocycles. The number of benzene rings is 2.